The van der Waals surface area contributed by atoms with E-state index in [9.17, 15) is 14.4 Å². The summed E-state index contributed by atoms with van der Waals surface area (Å²) in [4.78, 5) is 37.8. The number of carbonyl (C=O) groups excluding carboxylic acids is 3. The zero-order chi connectivity index (χ0) is 47.9. The maximum absolute atomic E-state index is 12.8. The summed E-state index contributed by atoms with van der Waals surface area (Å²) in [5.74, 6) is -0.865. The van der Waals surface area contributed by atoms with Gasteiger partial charge in [-0.1, -0.05) is 268 Å². The van der Waals surface area contributed by atoms with Crippen molar-refractivity contribution in [3.63, 3.8) is 0 Å². The molecule has 0 aromatic carbocycles. The van der Waals surface area contributed by atoms with Crippen molar-refractivity contribution < 1.29 is 28.6 Å². The molecule has 0 saturated carbocycles. The van der Waals surface area contributed by atoms with Gasteiger partial charge in [0.1, 0.15) is 13.2 Å². The van der Waals surface area contributed by atoms with Gasteiger partial charge in [0.05, 0.1) is 0 Å². The fraction of sp³-hybridized carbons (Fsp3) is 0.817. The third kappa shape index (κ3) is 52.3. The molecule has 0 heterocycles. The Morgan fingerprint density at radius 2 is 0.591 bits per heavy atom. The summed E-state index contributed by atoms with van der Waals surface area (Å²) in [5, 5.41) is 0. The Hall–Kier alpha value is -2.63. The normalized spacial score (nSPS) is 12.3. The highest BCUT2D eigenvalue weighted by molar-refractivity contribution is 5.71. The minimum absolute atomic E-state index is 0.0690. The highest BCUT2D eigenvalue weighted by Gasteiger charge is 2.19. The number of ether oxygens (including phenoxy) is 3. The van der Waals surface area contributed by atoms with Crippen molar-refractivity contribution in [1.29, 1.82) is 0 Å². The highest BCUT2D eigenvalue weighted by atomic mass is 16.6. The third-order valence-corrected chi connectivity index (χ3v) is 12.6. The van der Waals surface area contributed by atoms with E-state index in [1.807, 2.05) is 0 Å². The maximum Gasteiger partial charge on any atom is 0.306 e. The van der Waals surface area contributed by atoms with Crippen molar-refractivity contribution in [2.45, 2.75) is 303 Å². The Morgan fingerprint density at radius 3 is 0.924 bits per heavy atom. The molecule has 0 saturated heterocycles. The van der Waals surface area contributed by atoms with Crippen LogP contribution in [0.1, 0.15) is 297 Å². The number of esters is 3. The van der Waals surface area contributed by atoms with Crippen LogP contribution in [0.25, 0.3) is 0 Å². The van der Waals surface area contributed by atoms with Gasteiger partial charge in [-0.05, 0) is 57.8 Å². The van der Waals surface area contributed by atoms with Gasteiger partial charge in [0.15, 0.2) is 6.10 Å². The summed E-state index contributed by atoms with van der Waals surface area (Å²) in [5.41, 5.74) is 0. The Balaban J connectivity index is 4.05. The lowest BCUT2D eigenvalue weighted by Gasteiger charge is -2.18. The third-order valence-electron chi connectivity index (χ3n) is 12.6. The fourth-order valence-electron chi connectivity index (χ4n) is 8.32. The number of rotatable bonds is 52. The average Bonchev–Trinajstić information content (AvgIpc) is 3.31. The first-order valence-electron chi connectivity index (χ1n) is 28.6. The average molecular weight is 926 g/mol. The maximum atomic E-state index is 12.8. The summed E-state index contributed by atoms with van der Waals surface area (Å²) in [6.07, 6.45) is 67.1. The second-order valence-electron chi connectivity index (χ2n) is 19.2. The van der Waals surface area contributed by atoms with Crippen LogP contribution in [-0.4, -0.2) is 37.2 Å². The van der Waals surface area contributed by atoms with Crippen molar-refractivity contribution in [1.82, 2.24) is 0 Å². The van der Waals surface area contributed by atoms with Gasteiger partial charge in [0.25, 0.3) is 0 Å². The van der Waals surface area contributed by atoms with Crippen LogP contribution in [0, 0.1) is 0 Å². The molecule has 1 unspecified atom stereocenters. The van der Waals surface area contributed by atoms with E-state index in [4.69, 9.17) is 14.2 Å². The lowest BCUT2D eigenvalue weighted by atomic mass is 10.0. The van der Waals surface area contributed by atoms with Crippen LogP contribution in [0.2, 0.25) is 0 Å². The zero-order valence-electron chi connectivity index (χ0n) is 44.0. The molecule has 6 heteroatoms. The second-order valence-corrected chi connectivity index (χ2v) is 19.2. The Labute approximate surface area is 409 Å². The molecule has 0 amide bonds. The number of allylic oxidation sites excluding steroid dienone is 8. The molecular weight excluding hydrogens is 817 g/mol. The molecule has 0 aliphatic heterocycles. The quantitative estimate of drug-likeness (QED) is 0.0262. The molecule has 0 spiro atoms. The molecule has 0 radical (unpaired) electrons. The molecule has 384 valence electrons. The molecule has 0 N–H and O–H groups in total. The molecule has 0 aromatic rings. The Kier molecular flexibility index (Phi) is 52.8. The molecule has 0 aromatic heterocycles. The van der Waals surface area contributed by atoms with Gasteiger partial charge >= 0.3 is 17.9 Å². The van der Waals surface area contributed by atoms with E-state index < -0.39 is 6.10 Å². The van der Waals surface area contributed by atoms with E-state index in [-0.39, 0.29) is 31.1 Å². The number of hydrogen-bond acceptors (Lipinski definition) is 6. The van der Waals surface area contributed by atoms with Crippen molar-refractivity contribution >= 4 is 17.9 Å². The SMILES string of the molecule is CC/C=C\C/C=C\C/C=C\C/C=C\CCCCCCCCCCCCCCCCC(=O)OCC(COC(=O)CCCCCCCC)OC(=O)CCCCCCCCCCCCCCCCC. The molecule has 6 nitrogen and oxygen atoms in total. The molecule has 66 heavy (non-hydrogen) atoms. The van der Waals surface area contributed by atoms with Gasteiger partial charge in [-0.2, -0.15) is 0 Å². The van der Waals surface area contributed by atoms with Crippen LogP contribution in [-0.2, 0) is 28.6 Å². The van der Waals surface area contributed by atoms with E-state index >= 15 is 0 Å². The van der Waals surface area contributed by atoms with Crippen LogP contribution in [0.5, 0.6) is 0 Å². The first-order valence-corrected chi connectivity index (χ1v) is 28.6. The minimum Gasteiger partial charge on any atom is -0.462 e. The minimum atomic E-state index is -0.765. The van der Waals surface area contributed by atoms with E-state index in [1.54, 1.807) is 0 Å². The van der Waals surface area contributed by atoms with Crippen LogP contribution < -0.4 is 0 Å². The van der Waals surface area contributed by atoms with Gasteiger partial charge < -0.3 is 14.2 Å². The van der Waals surface area contributed by atoms with Crippen LogP contribution in [0.4, 0.5) is 0 Å². The summed E-state index contributed by atoms with van der Waals surface area (Å²) in [6.45, 7) is 6.50. The summed E-state index contributed by atoms with van der Waals surface area (Å²) in [7, 11) is 0. The smallest absolute Gasteiger partial charge is 0.306 e. The van der Waals surface area contributed by atoms with E-state index in [0.29, 0.717) is 19.3 Å². The topological polar surface area (TPSA) is 78.9 Å². The van der Waals surface area contributed by atoms with Gasteiger partial charge in [-0.3, -0.25) is 14.4 Å². The number of carbonyl (C=O) groups is 3. The van der Waals surface area contributed by atoms with Crippen LogP contribution >= 0.6 is 0 Å². The standard InChI is InChI=1S/C60H108O6/c1-4-7-10-13-16-18-20-22-24-25-26-27-28-29-30-31-32-33-34-35-37-38-40-42-44-47-50-53-59(62)65-56-57(55-64-58(61)52-49-46-15-12-9-6-3)66-60(63)54-51-48-45-43-41-39-36-23-21-19-17-14-11-8-5-2/h7,10,16,18,22,24,26-27,57H,4-6,8-9,11-15,17,19-21,23,25,28-56H2,1-3H3/b10-7-,18-16-,24-22-,27-26-. The van der Waals surface area contributed by atoms with Crippen molar-refractivity contribution in [2.75, 3.05) is 13.2 Å². The van der Waals surface area contributed by atoms with E-state index in [0.717, 1.165) is 83.5 Å². The van der Waals surface area contributed by atoms with Crippen molar-refractivity contribution in [3.8, 4) is 0 Å². The van der Waals surface area contributed by atoms with Crippen molar-refractivity contribution in [3.05, 3.63) is 48.6 Å². The monoisotopic (exact) mass is 925 g/mol. The largest absolute Gasteiger partial charge is 0.462 e. The molecule has 1 atom stereocenters. The van der Waals surface area contributed by atoms with Gasteiger partial charge in [0.2, 0.25) is 0 Å². The first-order chi connectivity index (χ1) is 32.5. The predicted octanol–water partition coefficient (Wildman–Crippen LogP) is 19.0. The first kappa shape index (κ1) is 63.4. The molecule has 0 aliphatic rings. The summed E-state index contributed by atoms with van der Waals surface area (Å²) in [6, 6.07) is 0. The highest BCUT2D eigenvalue weighted by Crippen LogP contribution is 2.17. The summed E-state index contributed by atoms with van der Waals surface area (Å²) < 4.78 is 16.8. The zero-order valence-corrected chi connectivity index (χ0v) is 44.0. The van der Waals surface area contributed by atoms with Gasteiger partial charge in [0, 0.05) is 19.3 Å². The van der Waals surface area contributed by atoms with Crippen LogP contribution in [0.15, 0.2) is 48.6 Å². The van der Waals surface area contributed by atoms with Crippen LogP contribution in [0.3, 0.4) is 0 Å². The molecule has 0 fully saturated rings. The number of unbranched alkanes of at least 4 members (excludes halogenated alkanes) is 33. The number of hydrogen-bond donors (Lipinski definition) is 0. The molecule has 0 aliphatic carbocycles. The predicted molar refractivity (Wildman–Crippen MR) is 284 cm³/mol. The second kappa shape index (κ2) is 55.0. The molecule has 0 rings (SSSR count). The fourth-order valence-corrected chi connectivity index (χ4v) is 8.32. The lowest BCUT2D eigenvalue weighted by Crippen LogP contribution is -2.30. The molecular formula is C60H108O6. The Bertz CT molecular complexity index is 1150. The van der Waals surface area contributed by atoms with E-state index in [2.05, 4.69) is 69.4 Å². The van der Waals surface area contributed by atoms with Gasteiger partial charge in [-0.25, -0.2) is 0 Å². The molecule has 0 bridgehead atoms. The lowest BCUT2D eigenvalue weighted by molar-refractivity contribution is -0.167. The van der Waals surface area contributed by atoms with Crippen molar-refractivity contribution in [2.24, 2.45) is 0 Å². The Morgan fingerprint density at radius 1 is 0.318 bits per heavy atom. The van der Waals surface area contributed by atoms with Gasteiger partial charge in [-0.15, -0.1) is 0 Å². The summed E-state index contributed by atoms with van der Waals surface area (Å²) >= 11 is 0. The van der Waals surface area contributed by atoms with E-state index in [1.165, 1.54) is 173 Å².